The van der Waals surface area contributed by atoms with E-state index < -0.39 is 53.9 Å². The fourth-order valence-electron chi connectivity index (χ4n) is 13.6. The van der Waals surface area contributed by atoms with Crippen molar-refractivity contribution in [2.75, 3.05) is 45.9 Å². The third-order valence-electron chi connectivity index (χ3n) is 18.3. The van der Waals surface area contributed by atoms with Gasteiger partial charge >= 0.3 is 11.9 Å². The van der Waals surface area contributed by atoms with Crippen LogP contribution in [-0.4, -0.2) is 93.4 Å². The number of benzene rings is 4. The van der Waals surface area contributed by atoms with E-state index in [-0.39, 0.29) is 66.0 Å². The highest BCUT2D eigenvalue weighted by atomic mass is 19.1. The molecule has 1 N–H and O–H groups in total. The highest BCUT2D eigenvalue weighted by Crippen LogP contribution is 2.39. The lowest BCUT2D eigenvalue weighted by Gasteiger charge is -2.31. The van der Waals surface area contributed by atoms with E-state index in [1.807, 2.05) is 102 Å². The van der Waals surface area contributed by atoms with Gasteiger partial charge in [0.15, 0.2) is 11.6 Å². The topological polar surface area (TPSA) is 148 Å². The number of hydrogen-bond donors (Lipinski definition) is 1. The normalized spacial score (nSPS) is 14.7. The van der Waals surface area contributed by atoms with Crippen LogP contribution in [0.3, 0.4) is 0 Å². The van der Waals surface area contributed by atoms with Crippen molar-refractivity contribution in [2.45, 2.75) is 192 Å². The van der Waals surface area contributed by atoms with Crippen LogP contribution < -0.4 is 11.1 Å². The van der Waals surface area contributed by atoms with Crippen molar-refractivity contribution in [3.8, 4) is 22.3 Å². The molecule has 90 heavy (non-hydrogen) atoms. The molecule has 0 amide bonds. The van der Waals surface area contributed by atoms with Gasteiger partial charge in [0, 0.05) is 62.3 Å². The summed E-state index contributed by atoms with van der Waals surface area (Å²) in [6.45, 7) is 35.6. The quantitative estimate of drug-likeness (QED) is 0.0494. The summed E-state index contributed by atoms with van der Waals surface area (Å²) in [5, 5.41) is 9.87. The van der Waals surface area contributed by atoms with Crippen LogP contribution in [0.15, 0.2) is 82.6 Å². The number of rotatable bonds is 27. The minimum Gasteiger partial charge on any atom is -0.481 e. The molecule has 0 saturated carbocycles. The van der Waals surface area contributed by atoms with Crippen molar-refractivity contribution in [2.24, 2.45) is 11.8 Å². The molecular weight excluding hydrogens is 1130 g/mol. The molecule has 4 heterocycles. The molecule has 0 aliphatic carbocycles. The summed E-state index contributed by atoms with van der Waals surface area (Å²) >= 11 is 0. The number of pyridine rings is 2. The monoisotopic (exact) mass is 1230 g/mol. The minimum absolute atomic E-state index is 0.0920. The Hall–Kier alpha value is -7.16. The van der Waals surface area contributed by atoms with Crippen molar-refractivity contribution in [3.05, 3.63) is 183 Å². The standard InChI is InChI=1S/C39H51FN2O4.C37H47FN2O4/c1-9-46-37(45)22-31(33-20-32(18-29(8)39(33)40)38-27(6)16-25(4)17-28(38)7)21-35(43)34(15-24(2)3)42-23-30(26(5)19-36(42)44)11-14-41-12-10-13-41;1-22(2)13-32(40-21-28(24(4)17-34(40)42)9-12-39-10-8-11-39)33(41)19-29(20-35(43)44)31-18-30(16-27(7)37(31)38)36-25(5)14-23(3)15-26(36)6/h16-20,23-24,31,34H,9-15,21-22H2,1-8H3;14-18,21-22,29,32H,8-13,19-20H2,1-7H3,(H,43,44)/t31-,34?;29-,32?/m00/s1. The van der Waals surface area contributed by atoms with Crippen molar-refractivity contribution in [1.82, 2.24) is 18.9 Å². The molecule has 2 saturated heterocycles. The molecule has 14 heteroatoms. The molecule has 484 valence electrons. The number of ether oxygens (including phenoxy) is 1. The Morgan fingerprint density at radius 1 is 0.500 bits per heavy atom. The van der Waals surface area contributed by atoms with Crippen LogP contribution in [0.2, 0.25) is 0 Å². The Labute approximate surface area is 533 Å². The molecule has 12 nitrogen and oxygen atoms in total. The Kier molecular flexibility index (Phi) is 24.4. The van der Waals surface area contributed by atoms with Gasteiger partial charge in [-0.25, -0.2) is 8.78 Å². The van der Waals surface area contributed by atoms with Crippen LogP contribution in [-0.2, 0) is 36.8 Å². The Bertz CT molecular complexity index is 3670. The third-order valence-corrected chi connectivity index (χ3v) is 18.3. The number of esters is 1. The Balaban J connectivity index is 0.000000256. The van der Waals surface area contributed by atoms with Crippen LogP contribution in [0.5, 0.6) is 0 Å². The predicted molar refractivity (Wildman–Crippen MR) is 357 cm³/mol. The molecular formula is C76H98F2N4O8. The van der Waals surface area contributed by atoms with Crippen molar-refractivity contribution < 1.29 is 37.8 Å². The largest absolute Gasteiger partial charge is 0.481 e. The second kappa shape index (κ2) is 31.2. The lowest BCUT2D eigenvalue weighted by atomic mass is 9.83. The molecule has 6 aromatic rings. The van der Waals surface area contributed by atoms with Crippen molar-refractivity contribution in [1.29, 1.82) is 0 Å². The van der Waals surface area contributed by atoms with Gasteiger partial charge in [-0.15, -0.1) is 0 Å². The lowest BCUT2D eigenvalue weighted by Crippen LogP contribution is -2.38. The number of nitrogens with zero attached hydrogens (tertiary/aromatic N) is 4. The van der Waals surface area contributed by atoms with Gasteiger partial charge in [-0.3, -0.25) is 28.8 Å². The Morgan fingerprint density at radius 3 is 1.19 bits per heavy atom. The van der Waals surface area contributed by atoms with Crippen molar-refractivity contribution in [3.63, 3.8) is 0 Å². The number of aromatic nitrogens is 2. The van der Waals surface area contributed by atoms with E-state index in [9.17, 15) is 33.9 Å². The maximum absolute atomic E-state index is 16.1. The molecule has 4 atom stereocenters. The van der Waals surface area contributed by atoms with Gasteiger partial charge in [-0.05, 0) is 266 Å². The molecule has 2 unspecified atom stereocenters. The summed E-state index contributed by atoms with van der Waals surface area (Å²) in [6, 6.07) is 17.2. The number of carbonyl (C=O) groups excluding carboxylic acids is 3. The summed E-state index contributed by atoms with van der Waals surface area (Å²) < 4.78 is 40.3. The number of carboxylic acids is 1. The summed E-state index contributed by atoms with van der Waals surface area (Å²) in [5.74, 6) is -4.34. The first kappa shape index (κ1) is 70.3. The number of halogens is 2. The fraction of sp³-hybridized carbons (Fsp3) is 0.500. The molecule has 4 aromatic carbocycles. The van der Waals surface area contributed by atoms with E-state index in [1.54, 1.807) is 55.7 Å². The Morgan fingerprint density at radius 2 is 0.867 bits per heavy atom. The van der Waals surface area contributed by atoms with Crippen LogP contribution in [0.25, 0.3) is 22.3 Å². The van der Waals surface area contributed by atoms with Crippen LogP contribution in [0.4, 0.5) is 8.78 Å². The highest BCUT2D eigenvalue weighted by Gasteiger charge is 2.33. The molecule has 0 bridgehead atoms. The van der Waals surface area contributed by atoms with Crippen LogP contribution >= 0.6 is 0 Å². The first-order valence-electron chi connectivity index (χ1n) is 32.6. The van der Waals surface area contributed by atoms with Crippen molar-refractivity contribution >= 4 is 23.5 Å². The number of aryl methyl sites for hydroxylation is 10. The average Bonchev–Trinajstić information content (AvgIpc) is 0.893. The van der Waals surface area contributed by atoms with E-state index >= 15 is 8.78 Å². The van der Waals surface area contributed by atoms with E-state index in [4.69, 9.17) is 4.74 Å². The van der Waals surface area contributed by atoms with E-state index in [2.05, 4.69) is 34.1 Å². The summed E-state index contributed by atoms with van der Waals surface area (Å²) in [7, 11) is 0. The SMILES string of the molecule is CCOC(=O)C[C@H](CC(=O)C(CC(C)C)n1cc(CCN2CCC2)c(C)cc1=O)c1cc(-c2c(C)cc(C)cc2C)cc(C)c1F.Cc1cc(C)c(-c2cc(C)c(F)c([C@H](CC(=O)O)CC(=O)C(CC(C)C)n3cc(CCN4CCC4)c(C)cc3=O)c2)c(C)c1. The summed E-state index contributed by atoms with van der Waals surface area (Å²) in [6.07, 6.45) is 7.77. The van der Waals surface area contributed by atoms with Gasteiger partial charge in [-0.2, -0.15) is 0 Å². The number of aliphatic carboxylic acids is 1. The molecule has 2 fully saturated rings. The fourth-order valence-corrected chi connectivity index (χ4v) is 13.6. The van der Waals surface area contributed by atoms with Gasteiger partial charge in [0.05, 0.1) is 31.5 Å². The number of carbonyl (C=O) groups is 4. The first-order valence-corrected chi connectivity index (χ1v) is 32.6. The number of ketones is 2. The summed E-state index contributed by atoms with van der Waals surface area (Å²) in [4.78, 5) is 84.9. The number of hydrogen-bond acceptors (Lipinski definition) is 9. The maximum Gasteiger partial charge on any atom is 0.306 e. The lowest BCUT2D eigenvalue weighted by molar-refractivity contribution is -0.144. The van der Waals surface area contributed by atoms with Crippen LogP contribution in [0, 0.1) is 92.7 Å². The first-order chi connectivity index (χ1) is 42.5. The minimum atomic E-state index is -1.10. The zero-order chi connectivity index (χ0) is 66.0. The molecule has 2 aliphatic rings. The van der Waals surface area contributed by atoms with Gasteiger partial charge in [0.25, 0.3) is 11.1 Å². The van der Waals surface area contributed by atoms with Gasteiger partial charge in [0.1, 0.15) is 11.6 Å². The smallest absolute Gasteiger partial charge is 0.306 e. The van der Waals surface area contributed by atoms with Gasteiger partial charge in [-0.1, -0.05) is 63.1 Å². The van der Waals surface area contributed by atoms with Crippen LogP contribution in [0.1, 0.15) is 188 Å². The number of Topliss-reactive ketones (excluding diaryl/α,β-unsaturated/α-hetero) is 2. The third kappa shape index (κ3) is 17.9. The molecule has 2 aromatic heterocycles. The van der Waals surface area contributed by atoms with Gasteiger partial charge in [0.2, 0.25) is 0 Å². The molecule has 0 spiro atoms. The molecule has 2 aliphatic heterocycles. The van der Waals surface area contributed by atoms with Gasteiger partial charge < -0.3 is 28.8 Å². The maximum atomic E-state index is 16.1. The zero-order valence-corrected chi connectivity index (χ0v) is 56.3. The summed E-state index contributed by atoms with van der Waals surface area (Å²) in [5.41, 5.74) is 15.0. The van der Waals surface area contributed by atoms with E-state index in [0.717, 1.165) is 130 Å². The molecule has 8 rings (SSSR count). The molecule has 0 radical (unpaired) electrons. The van der Waals surface area contributed by atoms with E-state index in [1.165, 1.54) is 17.4 Å². The highest BCUT2D eigenvalue weighted by molar-refractivity contribution is 5.86. The van der Waals surface area contributed by atoms with E-state index in [0.29, 0.717) is 29.5 Å². The zero-order valence-electron chi connectivity index (χ0n) is 56.3. The number of likely N-dealkylation sites (tertiary alicyclic amines) is 2. The second-order valence-corrected chi connectivity index (χ2v) is 26.9. The second-order valence-electron chi connectivity index (χ2n) is 26.9. The average molecular weight is 1230 g/mol. The predicted octanol–water partition coefficient (Wildman–Crippen LogP) is 15.0. The number of carboxylic acid groups (broad SMARTS) is 1.